The van der Waals surface area contributed by atoms with Gasteiger partial charge in [-0.3, -0.25) is 15.1 Å². The minimum Gasteiger partial charge on any atom is -0.507 e. The lowest BCUT2D eigenvalue weighted by molar-refractivity contribution is -0.384. The lowest BCUT2D eigenvalue weighted by Crippen LogP contribution is -1.93. The number of aromatic hydroxyl groups is 1. The first-order valence-electron chi connectivity index (χ1n) is 6.13. The summed E-state index contributed by atoms with van der Waals surface area (Å²) in [5.41, 5.74) is 1.30. The van der Waals surface area contributed by atoms with Crippen LogP contribution >= 0.6 is 0 Å². The molecule has 0 spiro atoms. The lowest BCUT2D eigenvalue weighted by atomic mass is 10.1. The Labute approximate surface area is 116 Å². The molecule has 0 radical (unpaired) electrons. The zero-order valence-electron chi connectivity index (χ0n) is 10.9. The number of hydrogen-bond donors (Lipinski definition) is 1. The van der Waals surface area contributed by atoms with Gasteiger partial charge in [0.25, 0.3) is 5.69 Å². The third-order valence-electron chi connectivity index (χ3n) is 2.94. The van der Waals surface area contributed by atoms with Gasteiger partial charge in [-0.05, 0) is 18.6 Å². The van der Waals surface area contributed by atoms with Gasteiger partial charge in [0.15, 0.2) is 0 Å². The average molecular weight is 270 g/mol. The first-order valence-corrected chi connectivity index (χ1v) is 6.13. The summed E-state index contributed by atoms with van der Waals surface area (Å²) in [6, 6.07) is 13.4. The standard InChI is InChI=1S/C15H14N2O3/c1-11(12-5-3-2-4-6-12)16-10-13-9-14(17(19)20)7-8-15(13)18/h2-11,18H,1H3. The van der Waals surface area contributed by atoms with E-state index in [2.05, 4.69) is 4.99 Å². The van der Waals surface area contributed by atoms with Crippen LogP contribution in [0.2, 0.25) is 0 Å². The van der Waals surface area contributed by atoms with Crippen LogP contribution in [-0.4, -0.2) is 16.2 Å². The largest absolute Gasteiger partial charge is 0.507 e. The number of nitro groups is 1. The predicted molar refractivity (Wildman–Crippen MR) is 77.2 cm³/mol. The van der Waals surface area contributed by atoms with E-state index >= 15 is 0 Å². The zero-order chi connectivity index (χ0) is 14.5. The molecule has 102 valence electrons. The van der Waals surface area contributed by atoms with E-state index in [1.165, 1.54) is 24.4 Å². The fourth-order valence-corrected chi connectivity index (χ4v) is 1.77. The van der Waals surface area contributed by atoms with Crippen molar-refractivity contribution in [3.63, 3.8) is 0 Å². The van der Waals surface area contributed by atoms with Crippen LogP contribution in [0.15, 0.2) is 53.5 Å². The molecule has 5 heteroatoms. The molecular formula is C15H14N2O3. The van der Waals surface area contributed by atoms with Crippen LogP contribution in [0, 0.1) is 10.1 Å². The predicted octanol–water partition coefficient (Wildman–Crippen LogP) is 3.48. The topological polar surface area (TPSA) is 75.7 Å². The quantitative estimate of drug-likeness (QED) is 0.525. The number of nitro benzene ring substituents is 1. The summed E-state index contributed by atoms with van der Waals surface area (Å²) in [5.74, 6) is -0.0281. The summed E-state index contributed by atoms with van der Waals surface area (Å²) in [4.78, 5) is 14.5. The summed E-state index contributed by atoms with van der Waals surface area (Å²) >= 11 is 0. The third kappa shape index (κ3) is 3.20. The third-order valence-corrected chi connectivity index (χ3v) is 2.94. The second kappa shape index (κ2) is 5.97. The number of phenols is 1. The number of hydrogen-bond acceptors (Lipinski definition) is 4. The van der Waals surface area contributed by atoms with Crippen molar-refractivity contribution in [2.45, 2.75) is 13.0 Å². The molecule has 0 aromatic heterocycles. The molecule has 0 bridgehead atoms. The van der Waals surface area contributed by atoms with Gasteiger partial charge in [0.1, 0.15) is 5.75 Å². The second-order valence-electron chi connectivity index (χ2n) is 4.37. The smallest absolute Gasteiger partial charge is 0.270 e. The first kappa shape index (κ1) is 13.7. The van der Waals surface area contributed by atoms with E-state index in [4.69, 9.17) is 0 Å². The summed E-state index contributed by atoms with van der Waals surface area (Å²) in [6.45, 7) is 1.92. The molecule has 1 unspecified atom stereocenters. The Morgan fingerprint density at radius 3 is 2.60 bits per heavy atom. The molecule has 2 rings (SSSR count). The average Bonchev–Trinajstić information content (AvgIpc) is 2.46. The number of benzene rings is 2. The van der Waals surface area contributed by atoms with Crippen LogP contribution < -0.4 is 0 Å². The molecule has 1 atom stereocenters. The molecule has 0 amide bonds. The fraction of sp³-hybridized carbons (Fsp3) is 0.133. The summed E-state index contributed by atoms with van der Waals surface area (Å²) in [7, 11) is 0. The molecule has 0 aliphatic carbocycles. The minimum absolute atomic E-state index is 0.0281. The number of nitrogens with zero attached hydrogens (tertiary/aromatic N) is 2. The van der Waals surface area contributed by atoms with Gasteiger partial charge in [-0.2, -0.15) is 0 Å². The second-order valence-corrected chi connectivity index (χ2v) is 4.37. The van der Waals surface area contributed by atoms with E-state index in [0.29, 0.717) is 5.56 Å². The Bertz CT molecular complexity index is 639. The Morgan fingerprint density at radius 2 is 1.95 bits per heavy atom. The Hall–Kier alpha value is -2.69. The van der Waals surface area contributed by atoms with Crippen molar-refractivity contribution in [1.82, 2.24) is 0 Å². The molecule has 0 fully saturated rings. The molecule has 20 heavy (non-hydrogen) atoms. The Morgan fingerprint density at radius 1 is 1.25 bits per heavy atom. The number of rotatable bonds is 4. The van der Waals surface area contributed by atoms with Crippen molar-refractivity contribution >= 4 is 11.9 Å². The zero-order valence-corrected chi connectivity index (χ0v) is 10.9. The SMILES string of the molecule is CC(N=Cc1cc([N+](=O)[O-])ccc1O)c1ccccc1. The summed E-state index contributed by atoms with van der Waals surface area (Å²) < 4.78 is 0. The molecule has 2 aromatic carbocycles. The molecule has 1 N–H and O–H groups in total. The van der Waals surface area contributed by atoms with Crippen LogP contribution in [0.4, 0.5) is 5.69 Å². The lowest BCUT2D eigenvalue weighted by Gasteiger charge is -2.06. The maximum atomic E-state index is 10.7. The molecular weight excluding hydrogens is 256 g/mol. The van der Waals surface area contributed by atoms with Gasteiger partial charge in [0.2, 0.25) is 0 Å². The normalized spacial score (nSPS) is 12.4. The van der Waals surface area contributed by atoms with Crippen LogP contribution in [0.1, 0.15) is 24.1 Å². The molecule has 0 saturated heterocycles. The molecule has 0 saturated carbocycles. The van der Waals surface area contributed by atoms with E-state index in [0.717, 1.165) is 5.56 Å². The van der Waals surface area contributed by atoms with Gasteiger partial charge in [-0.1, -0.05) is 30.3 Å². The summed E-state index contributed by atoms with van der Waals surface area (Å²) in [6.07, 6.45) is 1.46. The van der Waals surface area contributed by atoms with E-state index in [1.807, 2.05) is 37.3 Å². The molecule has 0 aliphatic rings. The van der Waals surface area contributed by atoms with Gasteiger partial charge >= 0.3 is 0 Å². The molecule has 5 nitrogen and oxygen atoms in total. The van der Waals surface area contributed by atoms with Crippen LogP contribution in [-0.2, 0) is 0 Å². The minimum atomic E-state index is -0.503. The molecule has 0 heterocycles. The fourth-order valence-electron chi connectivity index (χ4n) is 1.77. The molecule has 0 aliphatic heterocycles. The highest BCUT2D eigenvalue weighted by Gasteiger charge is 2.09. The van der Waals surface area contributed by atoms with Crippen molar-refractivity contribution in [3.8, 4) is 5.75 Å². The Kier molecular flexibility index (Phi) is 4.10. The van der Waals surface area contributed by atoms with Gasteiger partial charge in [0.05, 0.1) is 11.0 Å². The van der Waals surface area contributed by atoms with E-state index in [1.54, 1.807) is 0 Å². The summed E-state index contributed by atoms with van der Waals surface area (Å²) in [5, 5.41) is 20.4. The number of aliphatic imine (C=N–C) groups is 1. The van der Waals surface area contributed by atoms with E-state index in [9.17, 15) is 15.2 Å². The van der Waals surface area contributed by atoms with Gasteiger partial charge in [0, 0.05) is 23.9 Å². The van der Waals surface area contributed by atoms with Crippen molar-refractivity contribution in [1.29, 1.82) is 0 Å². The highest BCUT2D eigenvalue weighted by Crippen LogP contribution is 2.22. The van der Waals surface area contributed by atoms with Crippen molar-refractivity contribution in [2.24, 2.45) is 4.99 Å². The van der Waals surface area contributed by atoms with Crippen LogP contribution in [0.3, 0.4) is 0 Å². The first-order chi connectivity index (χ1) is 9.58. The van der Waals surface area contributed by atoms with Crippen molar-refractivity contribution < 1.29 is 10.0 Å². The number of non-ortho nitro benzene ring substituents is 1. The monoisotopic (exact) mass is 270 g/mol. The maximum Gasteiger partial charge on any atom is 0.270 e. The van der Waals surface area contributed by atoms with Gasteiger partial charge < -0.3 is 5.11 Å². The van der Waals surface area contributed by atoms with Crippen molar-refractivity contribution in [2.75, 3.05) is 0 Å². The van der Waals surface area contributed by atoms with Crippen LogP contribution in [0.5, 0.6) is 5.75 Å². The van der Waals surface area contributed by atoms with Gasteiger partial charge in [-0.25, -0.2) is 0 Å². The number of phenolic OH excluding ortho intramolecular Hbond substituents is 1. The maximum absolute atomic E-state index is 10.7. The van der Waals surface area contributed by atoms with E-state index in [-0.39, 0.29) is 17.5 Å². The highest BCUT2D eigenvalue weighted by atomic mass is 16.6. The van der Waals surface area contributed by atoms with Crippen molar-refractivity contribution in [3.05, 3.63) is 69.8 Å². The molecule has 2 aromatic rings. The van der Waals surface area contributed by atoms with Gasteiger partial charge in [-0.15, -0.1) is 0 Å². The van der Waals surface area contributed by atoms with E-state index < -0.39 is 4.92 Å². The Balaban J connectivity index is 2.23. The van der Waals surface area contributed by atoms with Crippen LogP contribution in [0.25, 0.3) is 0 Å². The highest BCUT2D eigenvalue weighted by molar-refractivity contribution is 5.84.